The number of hydrogen-bond donors (Lipinski definition) is 0. The molecule has 0 radical (unpaired) electrons. The quantitative estimate of drug-likeness (QED) is 0.178. The van der Waals surface area contributed by atoms with Gasteiger partial charge in [-0.2, -0.15) is 20.4 Å². The molecule has 6 aromatic carbocycles. The van der Waals surface area contributed by atoms with Gasteiger partial charge in [0, 0.05) is 22.0 Å². The molecular weight excluding hydrogens is 609 g/mol. The molecule has 2 aromatic heterocycles. The molecular formula is C46H42N4. The van der Waals surface area contributed by atoms with E-state index in [1.54, 1.807) is 0 Å². The van der Waals surface area contributed by atoms with E-state index in [2.05, 4.69) is 165 Å². The van der Waals surface area contributed by atoms with Gasteiger partial charge in [0.1, 0.15) is 0 Å². The topological polar surface area (TPSA) is 51.6 Å². The zero-order chi connectivity index (χ0) is 34.9. The van der Waals surface area contributed by atoms with Gasteiger partial charge in [-0.25, -0.2) is 0 Å². The van der Waals surface area contributed by atoms with Gasteiger partial charge in [-0.05, 0) is 116 Å². The van der Waals surface area contributed by atoms with E-state index < -0.39 is 0 Å². The van der Waals surface area contributed by atoms with E-state index in [0.717, 1.165) is 44.7 Å². The smallest absolute Gasteiger partial charge is 0.0936 e. The molecule has 0 amide bonds. The highest BCUT2D eigenvalue weighted by Gasteiger charge is 2.24. The van der Waals surface area contributed by atoms with Crippen LogP contribution in [0.3, 0.4) is 0 Å². The molecule has 4 heteroatoms. The summed E-state index contributed by atoms with van der Waals surface area (Å²) in [5.74, 6) is 0. The van der Waals surface area contributed by atoms with Crippen LogP contribution in [0.25, 0.3) is 77.1 Å². The lowest BCUT2D eigenvalue weighted by Crippen LogP contribution is -2.14. The maximum absolute atomic E-state index is 4.84. The Hall–Kier alpha value is -5.48. The third kappa shape index (κ3) is 5.22. The highest BCUT2D eigenvalue weighted by Crippen LogP contribution is 2.49. The van der Waals surface area contributed by atoms with Crippen molar-refractivity contribution in [3.8, 4) is 44.8 Å². The summed E-state index contributed by atoms with van der Waals surface area (Å²) < 4.78 is 0. The lowest BCUT2D eigenvalue weighted by Gasteiger charge is -2.22. The van der Waals surface area contributed by atoms with Gasteiger partial charge in [0.2, 0.25) is 0 Å². The molecule has 0 bridgehead atoms. The van der Waals surface area contributed by atoms with Crippen molar-refractivity contribution in [2.24, 2.45) is 0 Å². The second kappa shape index (κ2) is 11.6. The van der Waals surface area contributed by atoms with Gasteiger partial charge in [-0.15, -0.1) is 0 Å². The zero-order valence-electron chi connectivity index (χ0n) is 30.2. The summed E-state index contributed by atoms with van der Waals surface area (Å²) in [7, 11) is 0. The lowest BCUT2D eigenvalue weighted by molar-refractivity contribution is 0.559. The highest BCUT2D eigenvalue weighted by molar-refractivity contribution is 6.32. The molecule has 8 aromatic rings. The lowest BCUT2D eigenvalue weighted by atomic mass is 9.81. The average molecular weight is 651 g/mol. The van der Waals surface area contributed by atoms with E-state index in [1.165, 1.54) is 54.9 Å². The Morgan fingerprint density at radius 1 is 0.360 bits per heavy atom. The first-order chi connectivity index (χ1) is 23.9. The first-order valence-electron chi connectivity index (χ1n) is 17.5. The van der Waals surface area contributed by atoms with Gasteiger partial charge in [0.15, 0.2) is 0 Å². The molecule has 0 aliphatic carbocycles. The van der Waals surface area contributed by atoms with Crippen molar-refractivity contribution in [1.29, 1.82) is 0 Å². The largest absolute Gasteiger partial charge is 0.154 e. The van der Waals surface area contributed by atoms with E-state index in [0.29, 0.717) is 0 Å². The summed E-state index contributed by atoms with van der Waals surface area (Å²) >= 11 is 0. The Balaban J connectivity index is 1.54. The molecule has 0 atom stereocenters. The van der Waals surface area contributed by atoms with Gasteiger partial charge in [-0.3, -0.25) is 0 Å². The summed E-state index contributed by atoms with van der Waals surface area (Å²) in [6.07, 6.45) is 0. The molecule has 246 valence electrons. The zero-order valence-corrected chi connectivity index (χ0v) is 30.2. The number of hydrogen-bond acceptors (Lipinski definition) is 4. The molecule has 0 aliphatic rings. The van der Waals surface area contributed by atoms with Crippen LogP contribution in [0.1, 0.15) is 64.1 Å². The van der Waals surface area contributed by atoms with Crippen LogP contribution >= 0.6 is 0 Å². The first-order valence-corrected chi connectivity index (χ1v) is 17.5. The second-order valence-electron chi connectivity index (χ2n) is 15.8. The molecule has 4 nitrogen and oxygen atoms in total. The van der Waals surface area contributed by atoms with Crippen LogP contribution in [0.15, 0.2) is 109 Å². The predicted molar refractivity (Wildman–Crippen MR) is 210 cm³/mol. The van der Waals surface area contributed by atoms with Crippen molar-refractivity contribution in [3.63, 3.8) is 0 Å². The Morgan fingerprint density at radius 3 is 1.10 bits per heavy atom. The van der Waals surface area contributed by atoms with Crippen LogP contribution in [0, 0.1) is 13.8 Å². The summed E-state index contributed by atoms with van der Waals surface area (Å²) in [5.41, 5.74) is 13.0. The molecule has 0 unspecified atom stereocenters. The standard InChI is InChI=1S/C46H42N4/c1-27-13-9-11-15-29(27)35-25-37-31(39-21-23-41(49-47-39)45(3,4)5)18-20-34-36(30-16-12-10-14-28(30)2)26-38-32(17-19-33(35)43(38)44(34)37)40-22-24-42(50-48-40)46(6,7)8/h9-26H,1-8H3. The second-order valence-corrected chi connectivity index (χ2v) is 15.8. The minimum Gasteiger partial charge on any atom is -0.154 e. The van der Waals surface area contributed by atoms with E-state index in [1.807, 2.05) is 0 Å². The fourth-order valence-electron chi connectivity index (χ4n) is 7.37. The summed E-state index contributed by atoms with van der Waals surface area (Å²) in [6, 6.07) is 39.7. The highest BCUT2D eigenvalue weighted by atomic mass is 15.1. The van der Waals surface area contributed by atoms with Crippen LogP contribution in [0.5, 0.6) is 0 Å². The number of benzene rings is 6. The Morgan fingerprint density at radius 2 is 0.760 bits per heavy atom. The molecule has 0 aliphatic heterocycles. The maximum atomic E-state index is 4.84. The minimum absolute atomic E-state index is 0.0843. The predicted octanol–water partition coefficient (Wildman–Crippen LogP) is 12.0. The minimum atomic E-state index is -0.0843. The average Bonchev–Trinajstić information content (AvgIpc) is 3.10. The van der Waals surface area contributed by atoms with Gasteiger partial charge >= 0.3 is 0 Å². The fourth-order valence-corrected chi connectivity index (χ4v) is 7.37. The van der Waals surface area contributed by atoms with Crippen LogP contribution < -0.4 is 0 Å². The molecule has 0 fully saturated rings. The van der Waals surface area contributed by atoms with Crippen LogP contribution in [-0.4, -0.2) is 20.4 Å². The number of aromatic nitrogens is 4. The van der Waals surface area contributed by atoms with Gasteiger partial charge in [-0.1, -0.05) is 114 Å². The van der Waals surface area contributed by atoms with Crippen molar-refractivity contribution >= 4 is 32.3 Å². The summed E-state index contributed by atoms with van der Waals surface area (Å²) in [5, 5.41) is 26.3. The number of nitrogens with zero attached hydrogens (tertiary/aromatic N) is 4. The Labute approximate surface area is 294 Å². The van der Waals surface area contributed by atoms with Gasteiger partial charge in [0.25, 0.3) is 0 Å². The number of aryl methyl sites for hydroxylation is 2. The molecule has 50 heavy (non-hydrogen) atoms. The summed E-state index contributed by atoms with van der Waals surface area (Å²) in [4.78, 5) is 0. The number of rotatable bonds is 4. The van der Waals surface area contributed by atoms with E-state index in [-0.39, 0.29) is 10.8 Å². The van der Waals surface area contributed by atoms with Crippen molar-refractivity contribution in [3.05, 3.63) is 132 Å². The normalized spacial score (nSPS) is 12.4. The maximum Gasteiger partial charge on any atom is 0.0936 e. The van der Waals surface area contributed by atoms with Crippen molar-refractivity contribution in [1.82, 2.24) is 20.4 Å². The van der Waals surface area contributed by atoms with Crippen molar-refractivity contribution in [2.75, 3.05) is 0 Å². The molecule has 8 rings (SSSR count). The third-order valence-electron chi connectivity index (χ3n) is 10.2. The van der Waals surface area contributed by atoms with Gasteiger partial charge in [0.05, 0.1) is 22.8 Å². The Kier molecular flexibility index (Phi) is 7.34. The SMILES string of the molecule is Cc1ccccc1-c1cc2c(-c3ccc(C(C)(C)C)nn3)ccc3c(-c4ccccc4C)cc4c(-c5ccc(C(C)(C)C)nn5)ccc1c4c23. The van der Waals surface area contributed by atoms with E-state index in [9.17, 15) is 0 Å². The van der Waals surface area contributed by atoms with Crippen molar-refractivity contribution < 1.29 is 0 Å². The molecule has 0 spiro atoms. The van der Waals surface area contributed by atoms with E-state index >= 15 is 0 Å². The fraction of sp³-hybridized carbons (Fsp3) is 0.217. The Bertz CT molecular complexity index is 2370. The van der Waals surface area contributed by atoms with E-state index in [4.69, 9.17) is 20.4 Å². The third-order valence-corrected chi connectivity index (χ3v) is 10.2. The molecule has 0 N–H and O–H groups in total. The van der Waals surface area contributed by atoms with Gasteiger partial charge < -0.3 is 0 Å². The molecule has 2 heterocycles. The first kappa shape index (κ1) is 31.8. The molecule has 0 saturated heterocycles. The van der Waals surface area contributed by atoms with Crippen molar-refractivity contribution in [2.45, 2.75) is 66.2 Å². The van der Waals surface area contributed by atoms with Crippen LogP contribution in [0.2, 0.25) is 0 Å². The monoisotopic (exact) mass is 650 g/mol. The molecule has 0 saturated carbocycles. The van der Waals surface area contributed by atoms with Crippen LogP contribution in [-0.2, 0) is 10.8 Å². The summed E-state index contributed by atoms with van der Waals surface area (Å²) in [6.45, 7) is 17.4. The van der Waals surface area contributed by atoms with Crippen LogP contribution in [0.4, 0.5) is 0 Å².